The molecule has 9 nitrogen and oxygen atoms in total. The molecule has 0 bridgehead atoms. The lowest BCUT2D eigenvalue weighted by Crippen LogP contribution is -2.17. The second-order valence-electron chi connectivity index (χ2n) is 7.18. The van der Waals surface area contributed by atoms with Crippen molar-refractivity contribution < 1.29 is 23.9 Å². The molecule has 180 valence electrons. The molecule has 35 heavy (non-hydrogen) atoms. The summed E-state index contributed by atoms with van der Waals surface area (Å²) in [5.74, 6) is 1.18. The number of nitrogens with zero attached hydrogens (tertiary/aromatic N) is 2. The number of hydrogen-bond donors (Lipinski definition) is 1. The predicted molar refractivity (Wildman–Crippen MR) is 132 cm³/mol. The first-order chi connectivity index (χ1) is 17.0. The average molecular weight is 476 g/mol. The highest BCUT2D eigenvalue weighted by atomic mass is 16.6. The number of nitrogens with one attached hydrogen (secondary N) is 1. The molecule has 0 radical (unpaired) electrons. The third kappa shape index (κ3) is 7.43. The molecule has 0 saturated carbocycles. The maximum atomic E-state index is 12.5. The smallest absolute Gasteiger partial charge is 0.271 e. The van der Waals surface area contributed by atoms with E-state index in [1.807, 2.05) is 13.0 Å². The molecule has 0 fully saturated rings. The second kappa shape index (κ2) is 12.5. The van der Waals surface area contributed by atoms with E-state index in [2.05, 4.69) is 17.1 Å². The summed E-state index contributed by atoms with van der Waals surface area (Å²) in [5.41, 5.74) is 4.41. The fraction of sp³-hybridized carbons (Fsp3) is 0.154. The molecule has 1 amide bonds. The van der Waals surface area contributed by atoms with Crippen LogP contribution in [-0.4, -0.2) is 30.3 Å². The quantitative estimate of drug-likeness (QED) is 0.173. The van der Waals surface area contributed by atoms with Gasteiger partial charge < -0.3 is 14.2 Å². The highest BCUT2D eigenvalue weighted by Crippen LogP contribution is 2.28. The normalized spacial score (nSPS) is 10.5. The van der Waals surface area contributed by atoms with E-state index in [0.717, 1.165) is 11.1 Å². The number of nitro benzene ring substituents is 1. The zero-order valence-corrected chi connectivity index (χ0v) is 19.2. The molecule has 0 atom stereocenters. The van der Waals surface area contributed by atoms with Crippen LogP contribution in [-0.2, 0) is 6.61 Å². The van der Waals surface area contributed by atoms with E-state index in [-0.39, 0.29) is 12.3 Å². The van der Waals surface area contributed by atoms with Crippen LogP contribution in [0.25, 0.3) is 0 Å². The van der Waals surface area contributed by atoms with Gasteiger partial charge in [0.05, 0.1) is 17.7 Å². The number of carbonyl (C=O) groups excluding carboxylic acids is 1. The van der Waals surface area contributed by atoms with Crippen molar-refractivity contribution in [2.45, 2.75) is 13.5 Å². The number of hydrogen-bond acceptors (Lipinski definition) is 7. The standard InChI is InChI=1S/C26H25N3O6/c1-3-14-34-24-13-10-21(16-25(24)33-4-2)26(30)28-27-17-20-6-5-7-23(15-20)35-18-19-8-11-22(12-9-19)29(31)32/h3,5-13,15-17H,1,4,14,18H2,2H3,(H,28,30)/b27-17+. The molecule has 0 spiro atoms. The van der Waals surface area contributed by atoms with Crippen LogP contribution in [0.2, 0.25) is 0 Å². The molecule has 1 N–H and O–H groups in total. The lowest BCUT2D eigenvalue weighted by atomic mass is 10.2. The largest absolute Gasteiger partial charge is 0.490 e. The van der Waals surface area contributed by atoms with Gasteiger partial charge in [0.2, 0.25) is 0 Å². The number of hydrazone groups is 1. The lowest BCUT2D eigenvalue weighted by molar-refractivity contribution is -0.384. The summed E-state index contributed by atoms with van der Waals surface area (Å²) in [5, 5.41) is 14.8. The van der Waals surface area contributed by atoms with Gasteiger partial charge in [0.1, 0.15) is 19.0 Å². The van der Waals surface area contributed by atoms with Crippen molar-refractivity contribution in [2.75, 3.05) is 13.2 Å². The van der Waals surface area contributed by atoms with Gasteiger partial charge in [0.15, 0.2) is 11.5 Å². The van der Waals surface area contributed by atoms with E-state index < -0.39 is 10.8 Å². The Bertz CT molecular complexity index is 1210. The number of nitro groups is 1. The third-order valence-corrected chi connectivity index (χ3v) is 4.65. The Morgan fingerprint density at radius 3 is 2.57 bits per heavy atom. The van der Waals surface area contributed by atoms with Crippen molar-refractivity contribution in [1.29, 1.82) is 0 Å². The van der Waals surface area contributed by atoms with E-state index in [0.29, 0.717) is 36.0 Å². The number of rotatable bonds is 12. The van der Waals surface area contributed by atoms with Gasteiger partial charge in [0, 0.05) is 17.7 Å². The van der Waals surface area contributed by atoms with E-state index in [9.17, 15) is 14.9 Å². The van der Waals surface area contributed by atoms with Gasteiger partial charge in [-0.3, -0.25) is 14.9 Å². The Morgan fingerprint density at radius 1 is 1.06 bits per heavy atom. The molecule has 0 heterocycles. The van der Waals surface area contributed by atoms with Gasteiger partial charge in [0.25, 0.3) is 11.6 Å². The Hall–Kier alpha value is -4.66. The fourth-order valence-electron chi connectivity index (χ4n) is 2.98. The average Bonchev–Trinajstić information content (AvgIpc) is 2.87. The maximum Gasteiger partial charge on any atom is 0.271 e. The molecule has 9 heteroatoms. The topological polar surface area (TPSA) is 112 Å². The number of carbonyl (C=O) groups is 1. The Morgan fingerprint density at radius 2 is 1.86 bits per heavy atom. The zero-order valence-electron chi connectivity index (χ0n) is 19.2. The number of benzene rings is 3. The minimum atomic E-state index is -0.446. The van der Waals surface area contributed by atoms with Gasteiger partial charge in [-0.15, -0.1) is 0 Å². The molecule has 0 aromatic heterocycles. The second-order valence-corrected chi connectivity index (χ2v) is 7.18. The van der Waals surface area contributed by atoms with Crippen molar-refractivity contribution in [1.82, 2.24) is 5.43 Å². The van der Waals surface area contributed by atoms with E-state index >= 15 is 0 Å². The van der Waals surface area contributed by atoms with Crippen LogP contribution in [0, 0.1) is 10.1 Å². The van der Waals surface area contributed by atoms with Gasteiger partial charge >= 0.3 is 0 Å². The molecule has 3 aromatic carbocycles. The third-order valence-electron chi connectivity index (χ3n) is 4.65. The molecular formula is C26H25N3O6. The summed E-state index contributed by atoms with van der Waals surface area (Å²) in [6.07, 6.45) is 3.13. The van der Waals surface area contributed by atoms with Crippen LogP contribution < -0.4 is 19.6 Å². The van der Waals surface area contributed by atoms with Gasteiger partial charge in [-0.05, 0) is 60.5 Å². The Balaban J connectivity index is 1.58. The summed E-state index contributed by atoms with van der Waals surface area (Å²) in [6.45, 7) is 6.47. The summed E-state index contributed by atoms with van der Waals surface area (Å²) in [6, 6.07) is 18.2. The minimum Gasteiger partial charge on any atom is -0.490 e. The van der Waals surface area contributed by atoms with Crippen molar-refractivity contribution in [3.63, 3.8) is 0 Å². The van der Waals surface area contributed by atoms with Crippen molar-refractivity contribution >= 4 is 17.8 Å². The highest BCUT2D eigenvalue weighted by Gasteiger charge is 2.11. The monoisotopic (exact) mass is 475 g/mol. The molecule has 0 aliphatic rings. The molecule has 0 saturated heterocycles. The van der Waals surface area contributed by atoms with Crippen molar-refractivity contribution in [2.24, 2.45) is 5.10 Å². The zero-order chi connectivity index (χ0) is 25.0. The summed E-state index contributed by atoms with van der Waals surface area (Å²) < 4.78 is 16.9. The summed E-state index contributed by atoms with van der Waals surface area (Å²) in [7, 11) is 0. The fourth-order valence-corrected chi connectivity index (χ4v) is 2.98. The van der Waals surface area contributed by atoms with Gasteiger partial charge in [-0.1, -0.05) is 24.8 Å². The molecule has 3 aromatic rings. The van der Waals surface area contributed by atoms with Crippen LogP contribution in [0.1, 0.15) is 28.4 Å². The number of amides is 1. The van der Waals surface area contributed by atoms with Gasteiger partial charge in [-0.2, -0.15) is 5.10 Å². The van der Waals surface area contributed by atoms with Gasteiger partial charge in [-0.25, -0.2) is 5.43 Å². The predicted octanol–water partition coefficient (Wildman–Crippen LogP) is 4.90. The van der Waals surface area contributed by atoms with Crippen molar-refractivity contribution in [3.05, 3.63) is 106 Å². The van der Waals surface area contributed by atoms with Crippen LogP contribution in [0.4, 0.5) is 5.69 Å². The molecule has 0 aliphatic heterocycles. The van der Waals surface area contributed by atoms with Crippen LogP contribution in [0.15, 0.2) is 84.5 Å². The van der Waals surface area contributed by atoms with E-state index in [1.165, 1.54) is 18.3 Å². The minimum absolute atomic E-state index is 0.0279. The van der Waals surface area contributed by atoms with Crippen LogP contribution >= 0.6 is 0 Å². The van der Waals surface area contributed by atoms with Crippen LogP contribution in [0.3, 0.4) is 0 Å². The number of ether oxygens (including phenoxy) is 3. The molecule has 0 aliphatic carbocycles. The molecule has 3 rings (SSSR count). The van der Waals surface area contributed by atoms with E-state index in [4.69, 9.17) is 14.2 Å². The highest BCUT2D eigenvalue weighted by molar-refractivity contribution is 5.95. The van der Waals surface area contributed by atoms with Crippen LogP contribution in [0.5, 0.6) is 17.2 Å². The molecular weight excluding hydrogens is 450 g/mol. The summed E-state index contributed by atoms with van der Waals surface area (Å²) in [4.78, 5) is 22.8. The summed E-state index contributed by atoms with van der Waals surface area (Å²) >= 11 is 0. The first kappa shape index (κ1) is 25.0. The lowest BCUT2D eigenvalue weighted by Gasteiger charge is -2.12. The first-order valence-electron chi connectivity index (χ1n) is 10.8. The Kier molecular flexibility index (Phi) is 8.95. The van der Waals surface area contributed by atoms with Crippen molar-refractivity contribution in [3.8, 4) is 17.2 Å². The molecule has 0 unspecified atom stereocenters. The number of non-ortho nitro benzene ring substituents is 1. The first-order valence-corrected chi connectivity index (χ1v) is 10.8. The Labute approximate surface area is 202 Å². The maximum absolute atomic E-state index is 12.5. The van der Waals surface area contributed by atoms with E-state index in [1.54, 1.807) is 54.6 Å². The SMILES string of the molecule is C=CCOc1ccc(C(=O)N/N=C/c2cccc(OCc3ccc([N+](=O)[O-])cc3)c2)cc1OCC.